The number of carboxylic acid groups (broad SMARTS) is 1. The first-order valence-electron chi connectivity index (χ1n) is 6.11. The summed E-state index contributed by atoms with van der Waals surface area (Å²) in [6, 6.07) is 5.81. The van der Waals surface area contributed by atoms with E-state index in [2.05, 4.69) is 5.32 Å². The molecule has 0 aromatic heterocycles. The highest BCUT2D eigenvalue weighted by Gasteiger charge is 2.34. The molecule has 1 heterocycles. The van der Waals surface area contributed by atoms with Crippen LogP contribution in [0.1, 0.15) is 11.1 Å². The molecule has 0 fully saturated rings. The fourth-order valence-electron chi connectivity index (χ4n) is 2.22. The highest BCUT2D eigenvalue weighted by Crippen LogP contribution is 2.23. The molecule has 4 N–H and O–H groups in total. The molecule has 3 amide bonds. The molecule has 1 aliphatic heterocycles. The van der Waals surface area contributed by atoms with Crippen LogP contribution in [-0.4, -0.2) is 40.5 Å². The summed E-state index contributed by atoms with van der Waals surface area (Å²) >= 11 is 0. The van der Waals surface area contributed by atoms with Gasteiger partial charge in [-0.3, -0.25) is 4.79 Å². The first kappa shape index (κ1) is 13.9. The Labute approximate surface area is 115 Å². The highest BCUT2D eigenvalue weighted by atomic mass is 16.4. The number of fused-ring (bicyclic) bond motifs is 1. The molecule has 2 rings (SSSR count). The van der Waals surface area contributed by atoms with E-state index in [1.807, 2.05) is 24.3 Å². The number of hydrogen-bond donors (Lipinski definition) is 3. The average Bonchev–Trinajstić information content (AvgIpc) is 2.43. The van der Waals surface area contributed by atoms with Crippen LogP contribution in [-0.2, 0) is 22.6 Å². The molecule has 1 aromatic carbocycles. The lowest BCUT2D eigenvalue weighted by Gasteiger charge is -2.34. The van der Waals surface area contributed by atoms with Crippen LogP contribution in [0, 0.1) is 0 Å². The largest absolute Gasteiger partial charge is 0.480 e. The number of amides is 3. The first-order valence-corrected chi connectivity index (χ1v) is 6.11. The van der Waals surface area contributed by atoms with Gasteiger partial charge in [0.2, 0.25) is 5.91 Å². The zero-order chi connectivity index (χ0) is 14.7. The van der Waals surface area contributed by atoms with E-state index in [0.29, 0.717) is 0 Å². The summed E-state index contributed by atoms with van der Waals surface area (Å²) in [6.45, 7) is -0.124. The standard InChI is InChI=1S/C13H15N3O4/c14-11(17)6-15-13(20)16-7-9-4-2-1-3-8(9)5-10(16)12(18)19/h1-4,10H,5-7H2,(H2,14,17)(H,15,20)(H,18,19)/t10-/m0/s1. The van der Waals surface area contributed by atoms with Crippen molar-refractivity contribution in [1.29, 1.82) is 0 Å². The van der Waals surface area contributed by atoms with Crippen LogP contribution in [0.4, 0.5) is 4.79 Å². The van der Waals surface area contributed by atoms with Crippen molar-refractivity contribution in [3.63, 3.8) is 0 Å². The summed E-state index contributed by atoms with van der Waals surface area (Å²) in [7, 11) is 0. The van der Waals surface area contributed by atoms with Crippen molar-refractivity contribution in [2.75, 3.05) is 6.54 Å². The predicted molar refractivity (Wildman–Crippen MR) is 69.7 cm³/mol. The van der Waals surface area contributed by atoms with Crippen LogP contribution < -0.4 is 11.1 Å². The summed E-state index contributed by atoms with van der Waals surface area (Å²) in [5.74, 6) is -1.75. The maximum atomic E-state index is 12.0. The molecule has 7 heteroatoms. The number of nitrogens with zero attached hydrogens (tertiary/aromatic N) is 1. The lowest BCUT2D eigenvalue weighted by atomic mass is 9.94. The highest BCUT2D eigenvalue weighted by molar-refractivity contribution is 5.86. The van der Waals surface area contributed by atoms with Gasteiger partial charge in [0.25, 0.3) is 0 Å². The van der Waals surface area contributed by atoms with E-state index < -0.39 is 23.9 Å². The smallest absolute Gasteiger partial charge is 0.326 e. The maximum Gasteiger partial charge on any atom is 0.326 e. The molecule has 106 valence electrons. The van der Waals surface area contributed by atoms with E-state index in [1.165, 1.54) is 4.90 Å². The molecule has 7 nitrogen and oxygen atoms in total. The molecule has 1 aliphatic rings. The summed E-state index contributed by atoms with van der Waals surface area (Å²) in [6.07, 6.45) is 0.246. The molecule has 0 spiro atoms. The summed E-state index contributed by atoms with van der Waals surface area (Å²) in [5, 5.41) is 11.6. The van der Waals surface area contributed by atoms with Gasteiger partial charge in [-0.1, -0.05) is 24.3 Å². The Kier molecular flexibility index (Phi) is 3.88. The van der Waals surface area contributed by atoms with Crippen molar-refractivity contribution in [3.8, 4) is 0 Å². The summed E-state index contributed by atoms with van der Waals surface area (Å²) in [4.78, 5) is 35.1. The van der Waals surface area contributed by atoms with Gasteiger partial charge >= 0.3 is 12.0 Å². The van der Waals surface area contributed by atoms with E-state index in [1.54, 1.807) is 0 Å². The Balaban J connectivity index is 2.20. The van der Waals surface area contributed by atoms with E-state index >= 15 is 0 Å². The number of primary amides is 1. The Hall–Kier alpha value is -2.57. The Morgan fingerprint density at radius 1 is 1.30 bits per heavy atom. The lowest BCUT2D eigenvalue weighted by molar-refractivity contribution is -0.142. The minimum atomic E-state index is -1.08. The van der Waals surface area contributed by atoms with Gasteiger partial charge in [-0.15, -0.1) is 0 Å². The molecule has 1 aromatic rings. The second-order valence-corrected chi connectivity index (χ2v) is 4.58. The number of nitrogens with one attached hydrogen (secondary N) is 1. The van der Waals surface area contributed by atoms with Crippen molar-refractivity contribution >= 4 is 17.9 Å². The van der Waals surface area contributed by atoms with E-state index in [9.17, 15) is 19.5 Å². The minimum absolute atomic E-state index is 0.192. The van der Waals surface area contributed by atoms with Gasteiger partial charge in [0.15, 0.2) is 0 Å². The van der Waals surface area contributed by atoms with E-state index in [-0.39, 0.29) is 19.5 Å². The molecule has 0 saturated heterocycles. The van der Waals surface area contributed by atoms with E-state index in [4.69, 9.17) is 5.73 Å². The van der Waals surface area contributed by atoms with Crippen molar-refractivity contribution in [2.45, 2.75) is 19.0 Å². The number of urea groups is 1. The SMILES string of the molecule is NC(=O)CNC(=O)N1Cc2ccccc2C[C@H]1C(=O)O. The number of rotatable bonds is 3. The molecule has 0 bridgehead atoms. The Bertz CT molecular complexity index is 558. The maximum absolute atomic E-state index is 12.0. The van der Waals surface area contributed by atoms with Crippen molar-refractivity contribution < 1.29 is 19.5 Å². The number of carbonyl (C=O) groups excluding carboxylic acids is 2. The van der Waals surface area contributed by atoms with Gasteiger partial charge in [-0.2, -0.15) is 0 Å². The van der Waals surface area contributed by atoms with Crippen LogP contribution in [0.15, 0.2) is 24.3 Å². The molecule has 0 aliphatic carbocycles. The number of carbonyl (C=O) groups is 3. The fraction of sp³-hybridized carbons (Fsp3) is 0.308. The van der Waals surface area contributed by atoms with Gasteiger partial charge in [-0.25, -0.2) is 9.59 Å². The third-order valence-corrected chi connectivity index (χ3v) is 3.21. The summed E-state index contributed by atoms with van der Waals surface area (Å²) < 4.78 is 0. The fourth-order valence-corrected chi connectivity index (χ4v) is 2.22. The molecular weight excluding hydrogens is 262 g/mol. The van der Waals surface area contributed by atoms with Gasteiger partial charge in [0, 0.05) is 13.0 Å². The zero-order valence-electron chi connectivity index (χ0n) is 10.7. The molecule has 20 heavy (non-hydrogen) atoms. The van der Waals surface area contributed by atoms with Gasteiger partial charge in [-0.05, 0) is 11.1 Å². The quantitative estimate of drug-likeness (QED) is 0.703. The predicted octanol–water partition coefficient (Wildman–Crippen LogP) is -0.307. The van der Waals surface area contributed by atoms with Gasteiger partial charge in [0.05, 0.1) is 6.54 Å². The van der Waals surface area contributed by atoms with Crippen molar-refractivity contribution in [2.24, 2.45) is 5.73 Å². The third kappa shape index (κ3) is 2.87. The molecule has 1 atom stereocenters. The van der Waals surface area contributed by atoms with Crippen molar-refractivity contribution in [1.82, 2.24) is 10.2 Å². The Morgan fingerprint density at radius 3 is 2.55 bits per heavy atom. The third-order valence-electron chi connectivity index (χ3n) is 3.21. The number of aliphatic carboxylic acids is 1. The molecular formula is C13H15N3O4. The minimum Gasteiger partial charge on any atom is -0.480 e. The summed E-state index contributed by atoms with van der Waals surface area (Å²) in [5.41, 5.74) is 6.77. The number of carboxylic acids is 1. The topological polar surface area (TPSA) is 113 Å². The first-order chi connectivity index (χ1) is 9.49. The number of hydrogen-bond acceptors (Lipinski definition) is 3. The molecule has 0 radical (unpaired) electrons. The normalized spacial score (nSPS) is 17.2. The van der Waals surface area contributed by atoms with Crippen molar-refractivity contribution in [3.05, 3.63) is 35.4 Å². The van der Waals surface area contributed by atoms with Crippen LogP contribution >= 0.6 is 0 Å². The monoisotopic (exact) mass is 277 g/mol. The Morgan fingerprint density at radius 2 is 1.95 bits per heavy atom. The number of benzene rings is 1. The van der Waals surface area contributed by atoms with E-state index in [0.717, 1.165) is 11.1 Å². The average molecular weight is 277 g/mol. The molecule has 0 unspecified atom stereocenters. The second-order valence-electron chi connectivity index (χ2n) is 4.58. The van der Waals surface area contributed by atoms with Crippen LogP contribution in [0.3, 0.4) is 0 Å². The van der Waals surface area contributed by atoms with Crippen LogP contribution in [0.25, 0.3) is 0 Å². The second kappa shape index (κ2) is 5.60. The van der Waals surface area contributed by atoms with Gasteiger partial charge in [0.1, 0.15) is 6.04 Å². The zero-order valence-corrected chi connectivity index (χ0v) is 10.7. The lowest BCUT2D eigenvalue weighted by Crippen LogP contribution is -2.53. The van der Waals surface area contributed by atoms with Crippen LogP contribution in [0.2, 0.25) is 0 Å². The van der Waals surface area contributed by atoms with Gasteiger partial charge < -0.3 is 21.1 Å². The molecule has 0 saturated carbocycles. The number of nitrogens with two attached hydrogens (primary N) is 1. The van der Waals surface area contributed by atoms with Crippen LogP contribution in [0.5, 0.6) is 0 Å².